The van der Waals surface area contributed by atoms with Gasteiger partial charge in [-0.2, -0.15) is 0 Å². The Morgan fingerprint density at radius 1 is 0.597 bits per heavy atom. The number of carbonyl (C=O) groups excluding carboxylic acids is 5. The molecule has 0 spiro atoms. The highest BCUT2D eigenvalue weighted by molar-refractivity contribution is 8.76. The standard InChI is InChI=1S/C45H81N5O10S2.2C3H8.2C2H6/c1-5-9-11-13-15-18-23-40(24-19-16-14-12-10-6-2)60-43(53)25-20-17-21-30-50-38-39(47-48-50)27-32-57-42(52)26-31-49(29-22-28-46-37-44(54)56-8-4)45(55)59-34-36-62-61-35-33-58-41(51)7-3;2*1-3-2;2*1-2/h38,40,46H,5-37H2,1-4H3;2*3H2,1-2H3;2*1-2H3. The second-order valence-electron chi connectivity index (χ2n) is 16.8. The number of esters is 4. The van der Waals surface area contributed by atoms with E-state index in [1.165, 1.54) is 104 Å². The molecule has 1 heterocycles. The van der Waals surface area contributed by atoms with E-state index >= 15 is 0 Å². The maximum absolute atomic E-state index is 12.9. The zero-order valence-corrected chi connectivity index (χ0v) is 49.7. The lowest BCUT2D eigenvalue weighted by molar-refractivity contribution is -0.150. The first kappa shape index (κ1) is 75.5. The Morgan fingerprint density at radius 2 is 1.14 bits per heavy atom. The van der Waals surface area contributed by atoms with E-state index in [9.17, 15) is 24.0 Å². The van der Waals surface area contributed by atoms with Crippen LogP contribution < -0.4 is 5.32 Å². The van der Waals surface area contributed by atoms with Gasteiger partial charge in [0.25, 0.3) is 0 Å². The summed E-state index contributed by atoms with van der Waals surface area (Å²) >= 11 is 0. The smallest absolute Gasteiger partial charge is 0.409 e. The summed E-state index contributed by atoms with van der Waals surface area (Å²) in [5.41, 5.74) is 0.710. The van der Waals surface area contributed by atoms with E-state index < -0.39 is 12.1 Å². The number of hydrogen-bond acceptors (Lipinski definition) is 15. The lowest BCUT2D eigenvalue weighted by Crippen LogP contribution is -2.36. The van der Waals surface area contributed by atoms with Crippen LogP contribution in [0, 0.1) is 0 Å². The summed E-state index contributed by atoms with van der Waals surface area (Å²) in [6.45, 7) is 27.1. The second kappa shape index (κ2) is 62.2. The maximum Gasteiger partial charge on any atom is 0.409 e. The molecule has 0 fully saturated rings. The van der Waals surface area contributed by atoms with Crippen molar-refractivity contribution in [2.24, 2.45) is 0 Å². The molecule has 72 heavy (non-hydrogen) atoms. The van der Waals surface area contributed by atoms with Crippen LogP contribution in [-0.4, -0.2) is 120 Å². The van der Waals surface area contributed by atoms with E-state index in [0.29, 0.717) is 75.7 Å². The van der Waals surface area contributed by atoms with E-state index in [4.69, 9.17) is 23.7 Å². The molecule has 0 saturated carbocycles. The van der Waals surface area contributed by atoms with Gasteiger partial charge in [0.05, 0.1) is 31.9 Å². The predicted molar refractivity (Wildman–Crippen MR) is 301 cm³/mol. The van der Waals surface area contributed by atoms with Crippen LogP contribution in [0.15, 0.2) is 6.20 Å². The lowest BCUT2D eigenvalue weighted by Gasteiger charge is -2.22. The average molecular weight is 1060 g/mol. The molecule has 0 saturated heterocycles. The number of amides is 1. The summed E-state index contributed by atoms with van der Waals surface area (Å²) in [5.74, 6) is 0.0818. The van der Waals surface area contributed by atoms with Crippen LogP contribution in [0.25, 0.3) is 0 Å². The molecule has 15 nitrogen and oxygen atoms in total. The van der Waals surface area contributed by atoms with Gasteiger partial charge in [-0.25, -0.2) is 4.79 Å². The monoisotopic (exact) mass is 1060 g/mol. The van der Waals surface area contributed by atoms with Crippen LogP contribution in [0.5, 0.6) is 0 Å². The molecule has 0 aliphatic rings. The molecule has 0 aromatic carbocycles. The summed E-state index contributed by atoms with van der Waals surface area (Å²) in [6.07, 6.45) is 24.9. The molecule has 0 radical (unpaired) electrons. The lowest BCUT2D eigenvalue weighted by atomic mass is 10.0. The Balaban J connectivity index is -0.00000214. The van der Waals surface area contributed by atoms with Gasteiger partial charge in [0, 0.05) is 56.6 Å². The summed E-state index contributed by atoms with van der Waals surface area (Å²) < 4.78 is 28.7. The Hall–Kier alpha value is -3.05. The van der Waals surface area contributed by atoms with Gasteiger partial charge in [0.15, 0.2) is 0 Å². The van der Waals surface area contributed by atoms with Gasteiger partial charge in [-0.1, -0.05) is 186 Å². The van der Waals surface area contributed by atoms with Crippen molar-refractivity contribution >= 4 is 51.6 Å². The molecule has 1 N–H and O–H groups in total. The van der Waals surface area contributed by atoms with Crippen LogP contribution >= 0.6 is 21.6 Å². The molecule has 1 aromatic rings. The molecule has 0 aliphatic heterocycles. The number of ether oxygens (including phenoxy) is 5. The SMILES string of the molecule is CC.CC.CCC.CCC.CCCCCCCCC(CCCCCCCC)OC(=O)CCCCCn1cc(CCOC(=O)CCN(CCCNCC(=O)OCC)C(=O)OCCSSCCOC(=O)CC)nn1. The Labute approximate surface area is 448 Å². The van der Waals surface area contributed by atoms with Crippen LogP contribution in [0.1, 0.15) is 236 Å². The number of unbranched alkanes of at least 4 members (excludes halogenated alkanes) is 12. The first-order valence-corrected chi connectivity index (χ1v) is 31.0. The Morgan fingerprint density at radius 3 is 1.71 bits per heavy atom. The third kappa shape index (κ3) is 54.7. The van der Waals surface area contributed by atoms with Crippen LogP contribution in [-0.2, 0) is 55.8 Å². The quantitative estimate of drug-likeness (QED) is 0.0283. The van der Waals surface area contributed by atoms with E-state index in [1.54, 1.807) is 18.5 Å². The number of nitrogens with one attached hydrogen (secondary N) is 1. The molecule has 0 aliphatic carbocycles. The highest BCUT2D eigenvalue weighted by Crippen LogP contribution is 2.21. The van der Waals surface area contributed by atoms with E-state index in [-0.39, 0.29) is 56.7 Å². The van der Waals surface area contributed by atoms with Gasteiger partial charge in [-0.05, 0) is 58.4 Å². The largest absolute Gasteiger partial charge is 0.465 e. The number of nitrogens with zero attached hydrogens (tertiary/aromatic N) is 4. The highest BCUT2D eigenvalue weighted by Gasteiger charge is 2.18. The fraction of sp³-hybridized carbons (Fsp3) is 0.873. The van der Waals surface area contributed by atoms with Gasteiger partial charge < -0.3 is 33.9 Å². The minimum Gasteiger partial charge on any atom is -0.465 e. The number of aryl methyl sites for hydroxylation is 1. The molecular formula is C55H109N5O10S2. The third-order valence-corrected chi connectivity index (χ3v) is 12.3. The van der Waals surface area contributed by atoms with Crippen molar-refractivity contribution < 1.29 is 47.7 Å². The molecule has 426 valence electrons. The molecule has 0 bridgehead atoms. The normalized spacial score (nSPS) is 10.2. The van der Waals surface area contributed by atoms with Crippen molar-refractivity contribution in [1.29, 1.82) is 0 Å². The second-order valence-corrected chi connectivity index (χ2v) is 19.5. The van der Waals surface area contributed by atoms with Crippen molar-refractivity contribution in [3.8, 4) is 0 Å². The number of hydrogen-bond donors (Lipinski definition) is 1. The van der Waals surface area contributed by atoms with Crippen molar-refractivity contribution in [3.63, 3.8) is 0 Å². The minimum atomic E-state index is -0.534. The molecule has 1 aromatic heterocycles. The molecule has 0 atom stereocenters. The topological polar surface area (TPSA) is 177 Å². The maximum atomic E-state index is 12.9. The van der Waals surface area contributed by atoms with Gasteiger partial charge in [-0.3, -0.25) is 23.9 Å². The van der Waals surface area contributed by atoms with Crippen molar-refractivity contribution in [2.75, 3.05) is 64.1 Å². The fourth-order valence-corrected chi connectivity index (χ4v) is 8.07. The third-order valence-electron chi connectivity index (χ3n) is 9.93. The van der Waals surface area contributed by atoms with Crippen LogP contribution in [0.2, 0.25) is 0 Å². The molecule has 1 amide bonds. The van der Waals surface area contributed by atoms with Crippen molar-refractivity contribution in [1.82, 2.24) is 25.2 Å². The fourth-order valence-electron chi connectivity index (χ4n) is 6.42. The minimum absolute atomic E-state index is 0.00836. The van der Waals surface area contributed by atoms with E-state index in [0.717, 1.165) is 44.9 Å². The zero-order chi connectivity index (χ0) is 54.7. The number of aromatic nitrogens is 3. The van der Waals surface area contributed by atoms with Gasteiger partial charge in [0.1, 0.15) is 19.3 Å². The number of rotatable bonds is 42. The van der Waals surface area contributed by atoms with Gasteiger partial charge >= 0.3 is 30.0 Å². The van der Waals surface area contributed by atoms with Crippen molar-refractivity contribution in [2.45, 2.75) is 250 Å². The molecule has 0 unspecified atom stereocenters. The molecule has 17 heteroatoms. The van der Waals surface area contributed by atoms with Crippen LogP contribution in [0.3, 0.4) is 0 Å². The highest BCUT2D eigenvalue weighted by atomic mass is 33.1. The first-order chi connectivity index (χ1) is 35.0. The summed E-state index contributed by atoms with van der Waals surface area (Å²) in [7, 11) is 3.04. The summed E-state index contributed by atoms with van der Waals surface area (Å²) in [5, 5.41) is 11.4. The molecule has 1 rings (SSSR count). The average Bonchev–Trinajstić information content (AvgIpc) is 3.83. The van der Waals surface area contributed by atoms with Gasteiger partial charge in [0.2, 0.25) is 0 Å². The summed E-state index contributed by atoms with van der Waals surface area (Å²) in [4.78, 5) is 62.6. The van der Waals surface area contributed by atoms with Gasteiger partial charge in [-0.15, -0.1) is 5.10 Å². The predicted octanol–water partition coefficient (Wildman–Crippen LogP) is 13.9. The Bertz CT molecular complexity index is 1330. The van der Waals surface area contributed by atoms with Crippen LogP contribution in [0.4, 0.5) is 4.79 Å². The zero-order valence-electron chi connectivity index (χ0n) is 48.1. The van der Waals surface area contributed by atoms with E-state index in [1.807, 2.05) is 33.9 Å². The number of carbonyl (C=O) groups is 5. The first-order valence-electron chi connectivity index (χ1n) is 28.5. The van der Waals surface area contributed by atoms with Crippen molar-refractivity contribution in [3.05, 3.63) is 11.9 Å². The molecular weight excluding hydrogens is 955 g/mol. The summed E-state index contributed by atoms with van der Waals surface area (Å²) in [6, 6.07) is 0. The Kier molecular flexibility index (Phi) is 65.2. The van der Waals surface area contributed by atoms with E-state index in [2.05, 4.69) is 57.2 Å².